The summed E-state index contributed by atoms with van der Waals surface area (Å²) in [7, 11) is 0. The first-order chi connectivity index (χ1) is 8.65. The minimum absolute atomic E-state index is 0.141. The van der Waals surface area contributed by atoms with Crippen LogP contribution in [0.15, 0.2) is 0 Å². The van der Waals surface area contributed by atoms with Gasteiger partial charge in [-0.3, -0.25) is 4.90 Å². The van der Waals surface area contributed by atoms with Crippen LogP contribution >= 0.6 is 11.8 Å². The number of aliphatic carboxylic acids is 1. The van der Waals surface area contributed by atoms with Crippen LogP contribution in [-0.2, 0) is 9.53 Å². The summed E-state index contributed by atoms with van der Waals surface area (Å²) < 4.78 is 5.34. The Morgan fingerprint density at radius 2 is 2.05 bits per heavy atom. The minimum atomic E-state index is -1.15. The third kappa shape index (κ3) is 3.16. The minimum Gasteiger partial charge on any atom is -0.479 e. The Morgan fingerprint density at radius 1 is 1.47 bits per heavy atom. The molecule has 0 aromatic heterocycles. The largest absolute Gasteiger partial charge is 0.479 e. The zero-order valence-corrected chi connectivity index (χ0v) is 13.0. The molecule has 19 heavy (non-hydrogen) atoms. The molecular formula is C13H23NO4S. The third-order valence-electron chi connectivity index (χ3n) is 3.31. The van der Waals surface area contributed by atoms with Gasteiger partial charge in [0.05, 0.1) is 0 Å². The quantitative estimate of drug-likeness (QED) is 0.865. The topological polar surface area (TPSA) is 66.8 Å². The molecule has 1 heterocycles. The number of carbonyl (C=O) groups is 2. The highest BCUT2D eigenvalue weighted by molar-refractivity contribution is 8.00. The summed E-state index contributed by atoms with van der Waals surface area (Å²) in [6, 6.07) is 0. The number of amides is 1. The molecule has 0 spiro atoms. The highest BCUT2D eigenvalue weighted by Gasteiger charge is 2.54. The molecule has 0 aromatic rings. The van der Waals surface area contributed by atoms with Crippen LogP contribution in [0.5, 0.6) is 0 Å². The van der Waals surface area contributed by atoms with Gasteiger partial charge in [-0.1, -0.05) is 6.92 Å². The lowest BCUT2D eigenvalue weighted by Gasteiger charge is -2.40. The lowest BCUT2D eigenvalue weighted by Crippen LogP contribution is -2.61. The Labute approximate surface area is 118 Å². The van der Waals surface area contributed by atoms with Crippen molar-refractivity contribution >= 4 is 23.8 Å². The summed E-state index contributed by atoms with van der Waals surface area (Å²) >= 11 is 1.58. The highest BCUT2D eigenvalue weighted by Crippen LogP contribution is 2.41. The number of carboxylic acid groups (broad SMARTS) is 1. The van der Waals surface area contributed by atoms with E-state index >= 15 is 0 Å². The maximum Gasteiger partial charge on any atom is 0.411 e. The van der Waals surface area contributed by atoms with Crippen LogP contribution in [0.1, 0.15) is 41.0 Å². The van der Waals surface area contributed by atoms with Gasteiger partial charge < -0.3 is 9.84 Å². The molecule has 0 aliphatic carbocycles. The van der Waals surface area contributed by atoms with Gasteiger partial charge in [0, 0.05) is 11.8 Å². The molecule has 2 unspecified atom stereocenters. The molecule has 6 heteroatoms. The zero-order chi connectivity index (χ0) is 14.8. The van der Waals surface area contributed by atoms with Gasteiger partial charge in [0.2, 0.25) is 0 Å². The molecule has 1 aliphatic heterocycles. The molecule has 0 bridgehead atoms. The molecule has 2 atom stereocenters. The molecule has 1 amide bonds. The molecule has 1 fully saturated rings. The number of hydrogen-bond donors (Lipinski definition) is 1. The van der Waals surface area contributed by atoms with Crippen LogP contribution < -0.4 is 0 Å². The van der Waals surface area contributed by atoms with Crippen molar-refractivity contribution < 1.29 is 19.4 Å². The molecule has 1 rings (SSSR count). The predicted molar refractivity (Wildman–Crippen MR) is 75.5 cm³/mol. The fraction of sp³-hybridized carbons (Fsp3) is 0.846. The van der Waals surface area contributed by atoms with E-state index in [0.29, 0.717) is 13.0 Å². The van der Waals surface area contributed by atoms with Gasteiger partial charge in [0.15, 0.2) is 5.54 Å². The van der Waals surface area contributed by atoms with Gasteiger partial charge in [-0.25, -0.2) is 9.59 Å². The number of nitrogens with zero attached hydrogens (tertiary/aromatic N) is 1. The van der Waals surface area contributed by atoms with Gasteiger partial charge >= 0.3 is 12.1 Å². The van der Waals surface area contributed by atoms with Crippen molar-refractivity contribution in [3.05, 3.63) is 0 Å². The average Bonchev–Trinajstić information content (AvgIpc) is 2.60. The van der Waals surface area contributed by atoms with Crippen molar-refractivity contribution in [1.82, 2.24) is 4.90 Å². The monoisotopic (exact) mass is 289 g/mol. The lowest BCUT2D eigenvalue weighted by molar-refractivity contribution is -0.150. The summed E-state index contributed by atoms with van der Waals surface area (Å²) in [4.78, 5) is 25.4. The fourth-order valence-electron chi connectivity index (χ4n) is 2.37. The van der Waals surface area contributed by atoms with E-state index in [0.717, 1.165) is 5.75 Å². The average molecular weight is 289 g/mol. The summed E-state index contributed by atoms with van der Waals surface area (Å²) in [5, 5.41) is 9.48. The van der Waals surface area contributed by atoms with E-state index in [1.165, 1.54) is 4.90 Å². The Kier molecular flexibility index (Phi) is 4.76. The Morgan fingerprint density at radius 3 is 2.37 bits per heavy atom. The van der Waals surface area contributed by atoms with Crippen LogP contribution in [0.4, 0.5) is 4.79 Å². The van der Waals surface area contributed by atoms with E-state index in [1.54, 1.807) is 39.5 Å². The molecule has 1 saturated heterocycles. The fourth-order valence-corrected chi connectivity index (χ4v) is 3.78. The first-order valence-electron chi connectivity index (χ1n) is 6.50. The Bertz CT molecular complexity index is 366. The maximum atomic E-state index is 12.3. The first kappa shape index (κ1) is 16.1. The molecule has 1 aliphatic rings. The van der Waals surface area contributed by atoms with E-state index in [-0.39, 0.29) is 5.25 Å². The Hall–Kier alpha value is -0.910. The molecule has 0 saturated carbocycles. The van der Waals surface area contributed by atoms with Gasteiger partial charge in [-0.2, -0.15) is 11.8 Å². The van der Waals surface area contributed by atoms with Crippen LogP contribution in [0.2, 0.25) is 0 Å². The van der Waals surface area contributed by atoms with Gasteiger partial charge in [-0.15, -0.1) is 0 Å². The zero-order valence-electron chi connectivity index (χ0n) is 12.2. The first-order valence-corrected chi connectivity index (χ1v) is 7.55. The van der Waals surface area contributed by atoms with Crippen molar-refractivity contribution in [2.45, 2.75) is 57.4 Å². The van der Waals surface area contributed by atoms with E-state index in [9.17, 15) is 14.7 Å². The summed E-state index contributed by atoms with van der Waals surface area (Å²) in [6.07, 6.45) is -0.0897. The standard InChI is InChI=1S/C13H23NO4S/c1-6-14(11(17)18-12(3,4)5)13(10(15)16)7-8-19-9(13)2/h9H,6-8H2,1-5H3,(H,15,16). The van der Waals surface area contributed by atoms with Crippen molar-refractivity contribution in [3.63, 3.8) is 0 Å². The van der Waals surface area contributed by atoms with E-state index in [1.807, 2.05) is 6.92 Å². The molecule has 0 aromatic carbocycles. The number of carbonyl (C=O) groups excluding carboxylic acids is 1. The van der Waals surface area contributed by atoms with E-state index in [4.69, 9.17) is 4.74 Å². The number of hydrogen-bond acceptors (Lipinski definition) is 4. The summed E-state index contributed by atoms with van der Waals surface area (Å²) in [5.41, 5.74) is -1.78. The SMILES string of the molecule is CCN(C(=O)OC(C)(C)C)C1(C(=O)O)CCSC1C. The molecule has 1 N–H and O–H groups in total. The van der Waals surface area contributed by atoms with Crippen LogP contribution in [0, 0.1) is 0 Å². The van der Waals surface area contributed by atoms with E-state index in [2.05, 4.69) is 0 Å². The third-order valence-corrected chi connectivity index (χ3v) is 4.64. The lowest BCUT2D eigenvalue weighted by atomic mass is 9.90. The van der Waals surface area contributed by atoms with Crippen LogP contribution in [0.3, 0.4) is 0 Å². The number of ether oxygens (including phenoxy) is 1. The number of rotatable bonds is 3. The second-order valence-corrected chi connectivity index (χ2v) is 7.17. The number of likely N-dealkylation sites (N-methyl/N-ethyl adjacent to an activating group) is 1. The second-order valence-electron chi connectivity index (χ2n) is 5.72. The van der Waals surface area contributed by atoms with Crippen molar-refractivity contribution in [3.8, 4) is 0 Å². The normalized spacial score (nSPS) is 27.1. The van der Waals surface area contributed by atoms with Crippen molar-refractivity contribution in [2.75, 3.05) is 12.3 Å². The smallest absolute Gasteiger partial charge is 0.411 e. The number of carboxylic acids is 1. The van der Waals surface area contributed by atoms with Crippen molar-refractivity contribution in [2.24, 2.45) is 0 Å². The molecule has 110 valence electrons. The van der Waals surface area contributed by atoms with Gasteiger partial charge in [-0.05, 0) is 39.9 Å². The molecular weight excluding hydrogens is 266 g/mol. The maximum absolute atomic E-state index is 12.3. The van der Waals surface area contributed by atoms with Crippen LogP contribution in [-0.4, -0.2) is 50.8 Å². The molecule has 5 nitrogen and oxygen atoms in total. The predicted octanol–water partition coefficient (Wildman–Crippen LogP) is 2.59. The number of thioether (sulfide) groups is 1. The Balaban J connectivity index is 3.05. The second kappa shape index (κ2) is 5.61. The van der Waals surface area contributed by atoms with E-state index < -0.39 is 23.2 Å². The van der Waals surface area contributed by atoms with Crippen LogP contribution in [0.25, 0.3) is 0 Å². The van der Waals surface area contributed by atoms with Gasteiger partial charge in [0.1, 0.15) is 5.60 Å². The van der Waals surface area contributed by atoms with Gasteiger partial charge in [0.25, 0.3) is 0 Å². The van der Waals surface area contributed by atoms with Crippen molar-refractivity contribution in [1.29, 1.82) is 0 Å². The summed E-state index contributed by atoms with van der Waals surface area (Å²) in [5.74, 6) is -0.204. The highest BCUT2D eigenvalue weighted by atomic mass is 32.2. The molecule has 0 radical (unpaired) electrons. The summed E-state index contributed by atoms with van der Waals surface area (Å²) in [6.45, 7) is 9.30.